The molecule has 76 valence electrons. The Hall–Kier alpha value is -1.15. The second-order valence-corrected chi connectivity index (χ2v) is 3.46. The van der Waals surface area contributed by atoms with E-state index in [9.17, 15) is 9.90 Å². The maximum absolute atomic E-state index is 11.4. The lowest BCUT2D eigenvalue weighted by molar-refractivity contribution is -0.125. The fourth-order valence-corrected chi connectivity index (χ4v) is 1.44. The summed E-state index contributed by atoms with van der Waals surface area (Å²) < 4.78 is 0. The highest BCUT2D eigenvalue weighted by Gasteiger charge is 2.21. The van der Waals surface area contributed by atoms with Gasteiger partial charge in [-0.1, -0.05) is 44.2 Å². The Labute approximate surface area is 84.6 Å². The number of rotatable bonds is 4. The summed E-state index contributed by atoms with van der Waals surface area (Å²) in [5.41, 5.74) is 0.807. The van der Waals surface area contributed by atoms with Crippen LogP contribution in [0.3, 0.4) is 0 Å². The summed E-state index contributed by atoms with van der Waals surface area (Å²) in [6.45, 7) is 3.58. The average Bonchev–Trinajstić information content (AvgIpc) is 2.27. The summed E-state index contributed by atoms with van der Waals surface area (Å²) in [6.07, 6.45) is -0.200. The zero-order valence-corrected chi connectivity index (χ0v) is 8.60. The van der Waals surface area contributed by atoms with Crippen LogP contribution in [0.4, 0.5) is 0 Å². The van der Waals surface area contributed by atoms with Gasteiger partial charge in [0.1, 0.15) is 5.78 Å². The molecule has 1 unspecified atom stereocenters. The van der Waals surface area contributed by atoms with Crippen molar-refractivity contribution in [2.45, 2.75) is 26.4 Å². The minimum Gasteiger partial charge on any atom is -0.388 e. The van der Waals surface area contributed by atoms with Gasteiger partial charge in [-0.25, -0.2) is 0 Å². The summed E-state index contributed by atoms with van der Waals surface area (Å²) >= 11 is 0. The van der Waals surface area contributed by atoms with Crippen molar-refractivity contribution in [2.24, 2.45) is 5.92 Å². The molecule has 0 aliphatic heterocycles. The van der Waals surface area contributed by atoms with Crippen molar-refractivity contribution in [1.82, 2.24) is 0 Å². The standard InChI is InChI=1S/C12H16O2/c1-3-11(13)9(2)12(14)10-7-5-4-6-8-10/h4-9,12,14H,3H2,1-2H3/t9?,12-/m1/s1. The highest BCUT2D eigenvalue weighted by atomic mass is 16.3. The lowest BCUT2D eigenvalue weighted by Gasteiger charge is -2.17. The first-order valence-corrected chi connectivity index (χ1v) is 4.92. The number of Topliss-reactive ketones (excluding diaryl/α,β-unsaturated/α-hetero) is 1. The van der Waals surface area contributed by atoms with E-state index in [4.69, 9.17) is 0 Å². The van der Waals surface area contributed by atoms with Gasteiger partial charge < -0.3 is 5.11 Å². The molecule has 14 heavy (non-hydrogen) atoms. The van der Waals surface area contributed by atoms with E-state index in [1.165, 1.54) is 0 Å². The van der Waals surface area contributed by atoms with Gasteiger partial charge >= 0.3 is 0 Å². The highest BCUT2D eigenvalue weighted by Crippen LogP contribution is 2.22. The normalized spacial score (nSPS) is 14.8. The van der Waals surface area contributed by atoms with Crippen LogP contribution in [0.2, 0.25) is 0 Å². The molecule has 0 radical (unpaired) electrons. The fraction of sp³-hybridized carbons (Fsp3) is 0.417. The third-order valence-corrected chi connectivity index (χ3v) is 2.47. The van der Waals surface area contributed by atoms with Crippen LogP contribution in [0, 0.1) is 5.92 Å². The Balaban J connectivity index is 2.75. The van der Waals surface area contributed by atoms with Gasteiger partial charge in [-0.3, -0.25) is 4.79 Å². The SMILES string of the molecule is CCC(=O)C(C)[C@@H](O)c1ccccc1. The number of hydrogen-bond donors (Lipinski definition) is 1. The maximum atomic E-state index is 11.4. The summed E-state index contributed by atoms with van der Waals surface area (Å²) in [5, 5.41) is 9.87. The van der Waals surface area contributed by atoms with E-state index in [0.29, 0.717) is 6.42 Å². The monoisotopic (exact) mass is 192 g/mol. The van der Waals surface area contributed by atoms with E-state index in [-0.39, 0.29) is 11.7 Å². The zero-order chi connectivity index (χ0) is 10.6. The summed E-state index contributed by atoms with van der Waals surface area (Å²) in [4.78, 5) is 11.4. The predicted octanol–water partition coefficient (Wildman–Crippen LogP) is 2.34. The van der Waals surface area contributed by atoms with Gasteiger partial charge in [-0.05, 0) is 5.56 Å². The van der Waals surface area contributed by atoms with E-state index in [2.05, 4.69) is 0 Å². The van der Waals surface area contributed by atoms with Crippen LogP contribution in [0.15, 0.2) is 30.3 Å². The smallest absolute Gasteiger partial charge is 0.138 e. The van der Waals surface area contributed by atoms with Gasteiger partial charge in [0.2, 0.25) is 0 Å². The maximum Gasteiger partial charge on any atom is 0.138 e. The molecule has 0 heterocycles. The summed E-state index contributed by atoms with van der Waals surface area (Å²) in [5.74, 6) is -0.219. The second kappa shape index (κ2) is 4.91. The molecule has 1 rings (SSSR count). The molecule has 2 atom stereocenters. The fourth-order valence-electron chi connectivity index (χ4n) is 1.44. The van der Waals surface area contributed by atoms with E-state index < -0.39 is 6.10 Å². The minimum atomic E-state index is -0.677. The largest absolute Gasteiger partial charge is 0.388 e. The van der Waals surface area contributed by atoms with Crippen LogP contribution < -0.4 is 0 Å². The molecule has 0 aromatic heterocycles. The number of aliphatic hydroxyl groups excluding tert-OH is 1. The first-order chi connectivity index (χ1) is 6.66. The molecular weight excluding hydrogens is 176 g/mol. The molecule has 1 N–H and O–H groups in total. The van der Waals surface area contributed by atoms with Gasteiger partial charge in [-0.15, -0.1) is 0 Å². The minimum absolute atomic E-state index is 0.0985. The lowest BCUT2D eigenvalue weighted by Crippen LogP contribution is -2.18. The second-order valence-electron chi connectivity index (χ2n) is 3.46. The molecule has 0 spiro atoms. The van der Waals surface area contributed by atoms with E-state index in [1.807, 2.05) is 37.3 Å². The molecule has 0 aliphatic carbocycles. The van der Waals surface area contributed by atoms with E-state index >= 15 is 0 Å². The number of carbonyl (C=O) groups is 1. The molecule has 1 aromatic carbocycles. The van der Waals surface area contributed by atoms with E-state index in [0.717, 1.165) is 5.56 Å². The quantitative estimate of drug-likeness (QED) is 0.795. The number of aliphatic hydroxyl groups is 1. The average molecular weight is 192 g/mol. The predicted molar refractivity (Wildman–Crippen MR) is 55.9 cm³/mol. The van der Waals surface area contributed by atoms with Gasteiger partial charge in [0.05, 0.1) is 6.10 Å². The van der Waals surface area contributed by atoms with Gasteiger partial charge in [0.15, 0.2) is 0 Å². The van der Waals surface area contributed by atoms with Crippen LogP contribution in [0.1, 0.15) is 31.9 Å². The number of benzene rings is 1. The van der Waals surface area contributed by atoms with Crippen molar-refractivity contribution in [3.05, 3.63) is 35.9 Å². The van der Waals surface area contributed by atoms with Crippen molar-refractivity contribution < 1.29 is 9.90 Å². The molecule has 2 heteroatoms. The van der Waals surface area contributed by atoms with Gasteiger partial charge in [-0.2, -0.15) is 0 Å². The van der Waals surface area contributed by atoms with Crippen LogP contribution in [0.25, 0.3) is 0 Å². The first kappa shape index (κ1) is 10.9. The van der Waals surface area contributed by atoms with Crippen molar-refractivity contribution in [2.75, 3.05) is 0 Å². The first-order valence-electron chi connectivity index (χ1n) is 4.92. The van der Waals surface area contributed by atoms with E-state index in [1.54, 1.807) is 6.92 Å². The topological polar surface area (TPSA) is 37.3 Å². The third kappa shape index (κ3) is 2.42. The number of hydrogen-bond acceptors (Lipinski definition) is 2. The molecule has 0 bridgehead atoms. The number of ketones is 1. The molecule has 0 amide bonds. The van der Waals surface area contributed by atoms with Crippen molar-refractivity contribution in [3.63, 3.8) is 0 Å². The summed E-state index contributed by atoms with van der Waals surface area (Å²) in [6, 6.07) is 9.29. The molecule has 0 saturated heterocycles. The van der Waals surface area contributed by atoms with Crippen LogP contribution in [-0.4, -0.2) is 10.9 Å². The Morgan fingerprint density at radius 2 is 1.93 bits per heavy atom. The highest BCUT2D eigenvalue weighted by molar-refractivity contribution is 5.81. The Bertz CT molecular complexity index is 292. The van der Waals surface area contributed by atoms with Crippen LogP contribution in [0.5, 0.6) is 0 Å². The Morgan fingerprint density at radius 3 is 2.43 bits per heavy atom. The summed E-state index contributed by atoms with van der Waals surface area (Å²) in [7, 11) is 0. The molecule has 1 aromatic rings. The third-order valence-electron chi connectivity index (χ3n) is 2.47. The van der Waals surface area contributed by atoms with Crippen molar-refractivity contribution >= 4 is 5.78 Å². The molecule has 0 aliphatic rings. The Kier molecular flexibility index (Phi) is 3.84. The van der Waals surface area contributed by atoms with Gasteiger partial charge in [0.25, 0.3) is 0 Å². The number of carbonyl (C=O) groups excluding carboxylic acids is 1. The van der Waals surface area contributed by atoms with Crippen LogP contribution in [-0.2, 0) is 4.79 Å². The van der Waals surface area contributed by atoms with Crippen molar-refractivity contribution in [3.8, 4) is 0 Å². The van der Waals surface area contributed by atoms with Crippen molar-refractivity contribution in [1.29, 1.82) is 0 Å². The molecule has 2 nitrogen and oxygen atoms in total. The Morgan fingerprint density at radius 1 is 1.36 bits per heavy atom. The van der Waals surface area contributed by atoms with Crippen LogP contribution >= 0.6 is 0 Å². The van der Waals surface area contributed by atoms with Gasteiger partial charge in [0, 0.05) is 12.3 Å². The molecular formula is C12H16O2. The lowest BCUT2D eigenvalue weighted by atomic mass is 9.93. The molecule has 0 fully saturated rings. The zero-order valence-electron chi connectivity index (χ0n) is 8.60. The molecule has 0 saturated carbocycles.